The van der Waals surface area contributed by atoms with Crippen LogP contribution in [0.1, 0.15) is 72.9 Å². The summed E-state index contributed by atoms with van der Waals surface area (Å²) >= 11 is 0. The summed E-state index contributed by atoms with van der Waals surface area (Å²) in [5.74, 6) is 0. The van der Waals surface area contributed by atoms with E-state index in [4.69, 9.17) is 0 Å². The van der Waals surface area contributed by atoms with Crippen molar-refractivity contribution in [3.05, 3.63) is 149 Å². The molecule has 0 radical (unpaired) electrons. The first-order valence-corrected chi connectivity index (χ1v) is 16.7. The molecule has 0 aromatic heterocycles. The van der Waals surface area contributed by atoms with Gasteiger partial charge in [0.05, 0.1) is 5.69 Å². The van der Waals surface area contributed by atoms with E-state index < -0.39 is 0 Å². The van der Waals surface area contributed by atoms with E-state index in [-0.39, 0.29) is 10.8 Å². The molecule has 3 aliphatic rings. The molecule has 9 rings (SSSR count). The van der Waals surface area contributed by atoms with Crippen molar-refractivity contribution in [3.63, 3.8) is 0 Å². The van der Waals surface area contributed by atoms with Gasteiger partial charge in [0.1, 0.15) is 0 Å². The largest absolute Gasteiger partial charge is 0.310 e. The Balaban J connectivity index is 1.31. The predicted octanol–water partition coefficient (Wildman–Crippen LogP) is 12.1. The van der Waals surface area contributed by atoms with Crippen molar-refractivity contribution >= 4 is 27.8 Å². The molecule has 0 bridgehead atoms. The summed E-state index contributed by atoms with van der Waals surface area (Å²) in [6, 6.07) is 44.1. The molecule has 45 heavy (non-hydrogen) atoms. The van der Waals surface area contributed by atoms with Gasteiger partial charge < -0.3 is 4.90 Å². The maximum atomic E-state index is 2.57. The van der Waals surface area contributed by atoms with E-state index >= 15 is 0 Å². The Bertz CT molecular complexity index is 2170. The van der Waals surface area contributed by atoms with Crippen LogP contribution >= 0.6 is 0 Å². The fraction of sp³-hybridized carbons (Fsp3) is 0.227. The topological polar surface area (TPSA) is 3.24 Å². The van der Waals surface area contributed by atoms with Crippen LogP contribution in [-0.4, -0.2) is 0 Å². The predicted molar refractivity (Wildman–Crippen MR) is 190 cm³/mol. The molecule has 6 aromatic rings. The Morgan fingerprint density at radius 1 is 0.489 bits per heavy atom. The van der Waals surface area contributed by atoms with E-state index in [9.17, 15) is 0 Å². The molecule has 0 N–H and O–H groups in total. The highest BCUT2D eigenvalue weighted by Gasteiger charge is 2.45. The summed E-state index contributed by atoms with van der Waals surface area (Å²) in [5, 5.41) is 2.62. The van der Waals surface area contributed by atoms with Gasteiger partial charge in [-0.2, -0.15) is 0 Å². The highest BCUT2D eigenvalue weighted by molar-refractivity contribution is 6.03. The third-order valence-corrected chi connectivity index (χ3v) is 11.4. The monoisotopic (exact) mass is 581 g/mol. The zero-order valence-corrected chi connectivity index (χ0v) is 26.7. The van der Waals surface area contributed by atoms with Crippen molar-refractivity contribution < 1.29 is 0 Å². The summed E-state index contributed by atoms with van der Waals surface area (Å²) in [4.78, 5) is 2.57. The number of anilines is 3. The van der Waals surface area contributed by atoms with Crippen molar-refractivity contribution in [2.45, 2.75) is 64.2 Å². The Morgan fingerprint density at radius 3 is 1.73 bits per heavy atom. The van der Waals surface area contributed by atoms with E-state index in [1.165, 1.54) is 109 Å². The van der Waals surface area contributed by atoms with Crippen LogP contribution < -0.4 is 4.90 Å². The Labute approximate surface area is 267 Å². The second-order valence-corrected chi connectivity index (χ2v) is 14.2. The van der Waals surface area contributed by atoms with E-state index in [2.05, 4.69) is 148 Å². The first-order chi connectivity index (χ1) is 21.9. The van der Waals surface area contributed by atoms with Gasteiger partial charge in [-0.05, 0) is 112 Å². The second kappa shape index (κ2) is 9.44. The molecule has 1 heteroatoms. The standard InChI is InChI=1S/C44H39N/c1-28-25-29(2)42(37-16-6-5-13-32(28)37)45(30-19-21-35-33-14-7-9-17-38(33)43(3,4)40(35)26-30)31-20-22-36-34-15-8-10-18-39(34)44(41(36)27-31)23-11-12-24-44/h5-10,13-22,25-27H,11-12,23-24H2,1-4H3. The minimum Gasteiger partial charge on any atom is -0.310 e. The Hall–Kier alpha value is -4.62. The van der Waals surface area contributed by atoms with Gasteiger partial charge in [-0.25, -0.2) is 0 Å². The molecule has 220 valence electrons. The number of rotatable bonds is 3. The van der Waals surface area contributed by atoms with Gasteiger partial charge in [0, 0.05) is 27.6 Å². The fourth-order valence-corrected chi connectivity index (χ4v) is 9.35. The van der Waals surface area contributed by atoms with Crippen LogP contribution in [0.4, 0.5) is 17.1 Å². The average molecular weight is 582 g/mol. The molecule has 0 unspecified atom stereocenters. The summed E-state index contributed by atoms with van der Waals surface area (Å²) in [6.07, 6.45) is 5.06. The lowest BCUT2D eigenvalue weighted by atomic mass is 9.76. The fourth-order valence-electron chi connectivity index (χ4n) is 9.35. The Morgan fingerprint density at radius 2 is 1.02 bits per heavy atom. The summed E-state index contributed by atoms with van der Waals surface area (Å²) in [6.45, 7) is 9.30. The smallest absolute Gasteiger partial charge is 0.0569 e. The SMILES string of the molecule is Cc1cc(C)c2ccccc2c1N(c1ccc2c(c1)C(C)(C)c1ccccc1-2)c1ccc2c(c1)C1(CCCC1)c1ccccc1-2. The molecule has 0 heterocycles. The number of fused-ring (bicyclic) bond motifs is 9. The quantitative estimate of drug-likeness (QED) is 0.201. The number of hydrogen-bond donors (Lipinski definition) is 0. The van der Waals surface area contributed by atoms with Crippen LogP contribution in [0, 0.1) is 13.8 Å². The number of hydrogen-bond acceptors (Lipinski definition) is 1. The van der Waals surface area contributed by atoms with Gasteiger partial charge in [0.25, 0.3) is 0 Å². The minimum absolute atomic E-state index is 0.0640. The van der Waals surface area contributed by atoms with Crippen LogP contribution in [0.2, 0.25) is 0 Å². The molecule has 1 nitrogen and oxygen atoms in total. The molecule has 1 fully saturated rings. The molecule has 3 aliphatic carbocycles. The average Bonchev–Trinajstić information content (AvgIpc) is 3.73. The highest BCUT2D eigenvalue weighted by atomic mass is 15.1. The van der Waals surface area contributed by atoms with Crippen molar-refractivity contribution in [1.82, 2.24) is 0 Å². The zero-order chi connectivity index (χ0) is 30.5. The van der Waals surface area contributed by atoms with Crippen molar-refractivity contribution in [2.24, 2.45) is 0 Å². The van der Waals surface area contributed by atoms with Crippen molar-refractivity contribution in [3.8, 4) is 22.3 Å². The van der Waals surface area contributed by atoms with Gasteiger partial charge >= 0.3 is 0 Å². The molecule has 0 saturated heterocycles. The molecule has 6 aromatic carbocycles. The van der Waals surface area contributed by atoms with Crippen LogP contribution in [0.15, 0.2) is 115 Å². The van der Waals surface area contributed by atoms with Gasteiger partial charge in [0.15, 0.2) is 0 Å². The summed E-state index contributed by atoms with van der Waals surface area (Å²) in [5.41, 5.74) is 17.9. The summed E-state index contributed by atoms with van der Waals surface area (Å²) in [7, 11) is 0. The lowest BCUT2D eigenvalue weighted by Gasteiger charge is -2.32. The third kappa shape index (κ3) is 3.61. The summed E-state index contributed by atoms with van der Waals surface area (Å²) < 4.78 is 0. The lowest BCUT2D eigenvalue weighted by Crippen LogP contribution is -2.21. The minimum atomic E-state index is -0.0640. The van der Waals surface area contributed by atoms with E-state index in [0.717, 1.165) is 0 Å². The van der Waals surface area contributed by atoms with Gasteiger partial charge in [-0.3, -0.25) is 0 Å². The number of benzene rings is 6. The zero-order valence-electron chi connectivity index (χ0n) is 26.7. The van der Waals surface area contributed by atoms with Crippen LogP contribution in [0.5, 0.6) is 0 Å². The molecular weight excluding hydrogens is 542 g/mol. The van der Waals surface area contributed by atoms with Crippen molar-refractivity contribution in [2.75, 3.05) is 4.90 Å². The second-order valence-electron chi connectivity index (χ2n) is 14.2. The number of aryl methyl sites for hydroxylation is 2. The van der Waals surface area contributed by atoms with Crippen LogP contribution in [0.25, 0.3) is 33.0 Å². The first-order valence-electron chi connectivity index (χ1n) is 16.7. The molecule has 1 saturated carbocycles. The van der Waals surface area contributed by atoms with Crippen LogP contribution in [-0.2, 0) is 10.8 Å². The first kappa shape index (κ1) is 26.8. The van der Waals surface area contributed by atoms with Gasteiger partial charge in [-0.15, -0.1) is 0 Å². The van der Waals surface area contributed by atoms with Gasteiger partial charge in [0.2, 0.25) is 0 Å². The van der Waals surface area contributed by atoms with Gasteiger partial charge in [-0.1, -0.05) is 118 Å². The lowest BCUT2D eigenvalue weighted by molar-refractivity contribution is 0.550. The maximum Gasteiger partial charge on any atom is 0.0569 e. The molecule has 0 amide bonds. The van der Waals surface area contributed by atoms with E-state index in [1.54, 1.807) is 0 Å². The highest BCUT2D eigenvalue weighted by Crippen LogP contribution is 2.58. The van der Waals surface area contributed by atoms with E-state index in [1.807, 2.05) is 0 Å². The molecule has 0 aliphatic heterocycles. The number of nitrogens with zero attached hydrogens (tertiary/aromatic N) is 1. The molecular formula is C44H39N. The van der Waals surface area contributed by atoms with E-state index in [0.29, 0.717) is 0 Å². The van der Waals surface area contributed by atoms with Crippen molar-refractivity contribution in [1.29, 1.82) is 0 Å². The normalized spacial score (nSPS) is 16.4. The Kier molecular flexibility index (Phi) is 5.61. The maximum absolute atomic E-state index is 2.57. The van der Waals surface area contributed by atoms with Crippen LogP contribution in [0.3, 0.4) is 0 Å². The molecule has 0 atom stereocenters. The third-order valence-electron chi connectivity index (χ3n) is 11.4. The molecule has 1 spiro atoms.